The molecule has 4 nitrogen and oxygen atoms in total. The van der Waals surface area contributed by atoms with Gasteiger partial charge >= 0.3 is 5.97 Å². The van der Waals surface area contributed by atoms with Gasteiger partial charge in [-0.05, 0) is 6.72 Å². The molecule has 0 saturated carbocycles. The third-order valence-corrected chi connectivity index (χ3v) is 0.908. The summed E-state index contributed by atoms with van der Waals surface area (Å²) >= 11 is 0. The highest BCUT2D eigenvalue weighted by Crippen LogP contribution is 1.94. The molecule has 0 fully saturated rings. The maximum atomic E-state index is 10.1. The van der Waals surface area contributed by atoms with Crippen molar-refractivity contribution in [2.24, 2.45) is 4.99 Å². The Hall–Kier alpha value is -0.900. The summed E-state index contributed by atoms with van der Waals surface area (Å²) in [6, 6.07) is -0.852. The van der Waals surface area contributed by atoms with Gasteiger partial charge in [0.2, 0.25) is 0 Å². The van der Waals surface area contributed by atoms with Crippen LogP contribution in [-0.2, 0) is 4.79 Å². The van der Waals surface area contributed by atoms with E-state index in [9.17, 15) is 4.79 Å². The number of aliphatic hydroxyl groups excluding tert-OH is 1. The van der Waals surface area contributed by atoms with Crippen LogP contribution in [0.15, 0.2) is 4.99 Å². The molecule has 0 amide bonds. The van der Waals surface area contributed by atoms with Crippen molar-refractivity contribution >= 4 is 12.7 Å². The van der Waals surface area contributed by atoms with Gasteiger partial charge in [0, 0.05) is 13.0 Å². The van der Waals surface area contributed by atoms with Crippen LogP contribution in [0.5, 0.6) is 0 Å². The van der Waals surface area contributed by atoms with Crippen LogP contribution in [0.3, 0.4) is 0 Å². The van der Waals surface area contributed by atoms with Gasteiger partial charge in [-0.2, -0.15) is 0 Å². The Morgan fingerprint density at radius 2 is 2.33 bits per heavy atom. The van der Waals surface area contributed by atoms with E-state index in [0.29, 0.717) is 0 Å². The molecule has 0 heterocycles. The minimum absolute atomic E-state index is 0.138. The summed E-state index contributed by atoms with van der Waals surface area (Å²) < 4.78 is 0. The quantitative estimate of drug-likeness (QED) is 0.506. The van der Waals surface area contributed by atoms with Crippen LogP contribution in [-0.4, -0.2) is 35.5 Å². The molecule has 0 spiro atoms. The van der Waals surface area contributed by atoms with E-state index >= 15 is 0 Å². The van der Waals surface area contributed by atoms with Gasteiger partial charge in [-0.25, -0.2) is 4.79 Å². The van der Waals surface area contributed by atoms with Crippen molar-refractivity contribution in [1.29, 1.82) is 0 Å². The SMILES string of the molecule is C=N[C@@H](CCO)C(=O)O. The van der Waals surface area contributed by atoms with Gasteiger partial charge in [0.25, 0.3) is 0 Å². The fourth-order valence-electron chi connectivity index (χ4n) is 0.415. The minimum atomic E-state index is -1.04. The lowest BCUT2D eigenvalue weighted by Crippen LogP contribution is -2.18. The molecule has 0 unspecified atom stereocenters. The van der Waals surface area contributed by atoms with Gasteiger partial charge in [-0.3, -0.25) is 4.99 Å². The molecule has 0 radical (unpaired) electrons. The summed E-state index contributed by atoms with van der Waals surface area (Å²) in [5, 5.41) is 16.5. The van der Waals surface area contributed by atoms with Crippen LogP contribution in [0.2, 0.25) is 0 Å². The second-order valence-electron chi connectivity index (χ2n) is 1.55. The van der Waals surface area contributed by atoms with Gasteiger partial charge < -0.3 is 10.2 Å². The second-order valence-corrected chi connectivity index (χ2v) is 1.55. The first kappa shape index (κ1) is 8.10. The fourth-order valence-corrected chi connectivity index (χ4v) is 0.415. The lowest BCUT2D eigenvalue weighted by Gasteiger charge is -2.01. The van der Waals surface area contributed by atoms with E-state index in [4.69, 9.17) is 10.2 Å². The van der Waals surface area contributed by atoms with Crippen molar-refractivity contribution in [2.75, 3.05) is 6.61 Å². The first-order valence-electron chi connectivity index (χ1n) is 2.52. The van der Waals surface area contributed by atoms with Crippen molar-refractivity contribution in [3.63, 3.8) is 0 Å². The maximum absolute atomic E-state index is 10.1. The Morgan fingerprint density at radius 1 is 1.78 bits per heavy atom. The molecule has 0 aromatic rings. The molecular weight excluding hydrogens is 122 g/mol. The molecule has 4 heteroatoms. The highest BCUT2D eigenvalue weighted by atomic mass is 16.4. The van der Waals surface area contributed by atoms with Gasteiger partial charge in [0.05, 0.1) is 0 Å². The molecule has 0 aliphatic carbocycles. The highest BCUT2D eigenvalue weighted by molar-refractivity contribution is 5.74. The van der Waals surface area contributed by atoms with E-state index in [1.165, 1.54) is 0 Å². The summed E-state index contributed by atoms with van der Waals surface area (Å²) in [6.07, 6.45) is 0.138. The van der Waals surface area contributed by atoms with Crippen molar-refractivity contribution in [1.82, 2.24) is 0 Å². The number of aliphatic imine (C=N–C) groups is 1. The van der Waals surface area contributed by atoms with Gasteiger partial charge in [-0.15, -0.1) is 0 Å². The Balaban J connectivity index is 3.68. The van der Waals surface area contributed by atoms with Crippen LogP contribution >= 0.6 is 0 Å². The molecule has 52 valence electrons. The van der Waals surface area contributed by atoms with E-state index in [1.807, 2.05) is 0 Å². The first-order valence-corrected chi connectivity index (χ1v) is 2.52. The topological polar surface area (TPSA) is 69.9 Å². The number of hydrogen-bond donors (Lipinski definition) is 2. The number of aliphatic hydroxyl groups is 1. The van der Waals surface area contributed by atoms with E-state index in [-0.39, 0.29) is 13.0 Å². The number of carbonyl (C=O) groups is 1. The molecule has 0 rings (SSSR count). The summed E-state index contributed by atoms with van der Waals surface area (Å²) in [4.78, 5) is 13.3. The molecule has 0 bridgehead atoms. The van der Waals surface area contributed by atoms with Crippen LogP contribution in [0.4, 0.5) is 0 Å². The maximum Gasteiger partial charge on any atom is 0.328 e. The molecule has 0 aromatic heterocycles. The summed E-state index contributed by atoms with van der Waals surface area (Å²) in [5.74, 6) is -1.04. The number of rotatable bonds is 4. The van der Waals surface area contributed by atoms with Gasteiger partial charge in [0.15, 0.2) is 0 Å². The average Bonchev–Trinajstić information content (AvgIpc) is 1.82. The Labute approximate surface area is 52.8 Å². The van der Waals surface area contributed by atoms with Crippen molar-refractivity contribution < 1.29 is 15.0 Å². The van der Waals surface area contributed by atoms with E-state index in [2.05, 4.69) is 11.7 Å². The number of carboxylic acids is 1. The molecule has 9 heavy (non-hydrogen) atoms. The summed E-state index contributed by atoms with van der Waals surface area (Å²) in [6.45, 7) is 2.89. The fraction of sp³-hybridized carbons (Fsp3) is 0.600. The first-order chi connectivity index (χ1) is 4.22. The van der Waals surface area contributed by atoms with Gasteiger partial charge in [-0.1, -0.05) is 0 Å². The van der Waals surface area contributed by atoms with E-state index < -0.39 is 12.0 Å². The lowest BCUT2D eigenvalue weighted by atomic mass is 10.2. The number of carboxylic acid groups (broad SMARTS) is 1. The van der Waals surface area contributed by atoms with Crippen LogP contribution < -0.4 is 0 Å². The third-order valence-electron chi connectivity index (χ3n) is 0.908. The van der Waals surface area contributed by atoms with Crippen LogP contribution in [0, 0.1) is 0 Å². The number of aliphatic carboxylic acids is 1. The zero-order valence-corrected chi connectivity index (χ0v) is 4.95. The van der Waals surface area contributed by atoms with Crippen LogP contribution in [0.1, 0.15) is 6.42 Å². The Morgan fingerprint density at radius 3 is 2.44 bits per heavy atom. The lowest BCUT2D eigenvalue weighted by molar-refractivity contribution is -0.138. The standard InChI is InChI=1S/C5H9NO3/c1-6-4(2-3-7)5(8)9/h4,7H,1-3H2,(H,8,9)/t4-/m0/s1. The molecule has 0 saturated heterocycles. The molecule has 0 aliphatic heterocycles. The number of hydrogen-bond acceptors (Lipinski definition) is 3. The second kappa shape index (κ2) is 4.03. The highest BCUT2D eigenvalue weighted by Gasteiger charge is 2.12. The molecule has 0 aromatic carbocycles. The zero-order valence-electron chi connectivity index (χ0n) is 4.95. The Kier molecular flexibility index (Phi) is 3.62. The summed E-state index contributed by atoms with van der Waals surface area (Å²) in [5.41, 5.74) is 0. The molecule has 0 aliphatic rings. The van der Waals surface area contributed by atoms with E-state index in [1.54, 1.807) is 0 Å². The van der Waals surface area contributed by atoms with Crippen LogP contribution in [0.25, 0.3) is 0 Å². The molecule has 2 N–H and O–H groups in total. The van der Waals surface area contributed by atoms with E-state index in [0.717, 1.165) is 0 Å². The minimum Gasteiger partial charge on any atom is -0.480 e. The summed E-state index contributed by atoms with van der Waals surface area (Å²) in [7, 11) is 0. The molecule has 1 atom stereocenters. The largest absolute Gasteiger partial charge is 0.480 e. The predicted molar refractivity (Wildman–Crippen MR) is 32.7 cm³/mol. The average molecular weight is 131 g/mol. The van der Waals surface area contributed by atoms with Gasteiger partial charge in [0.1, 0.15) is 6.04 Å². The van der Waals surface area contributed by atoms with Crippen molar-refractivity contribution in [3.05, 3.63) is 0 Å². The molecular formula is C5H9NO3. The Bertz CT molecular complexity index is 113. The van der Waals surface area contributed by atoms with Crippen molar-refractivity contribution in [2.45, 2.75) is 12.5 Å². The van der Waals surface area contributed by atoms with Crippen molar-refractivity contribution in [3.8, 4) is 0 Å². The normalized spacial score (nSPS) is 12.6. The smallest absolute Gasteiger partial charge is 0.328 e. The zero-order chi connectivity index (χ0) is 7.28. The monoisotopic (exact) mass is 131 g/mol. The third kappa shape index (κ3) is 2.81. The number of nitrogens with zero attached hydrogens (tertiary/aromatic N) is 1. The predicted octanol–water partition coefficient (Wildman–Crippen LogP) is -0.477.